The molecule has 0 amide bonds. The lowest BCUT2D eigenvalue weighted by atomic mass is 10.0. The van der Waals surface area contributed by atoms with Gasteiger partial charge < -0.3 is 14.1 Å². The molecule has 0 radical (unpaired) electrons. The van der Waals surface area contributed by atoms with E-state index >= 15 is 0 Å². The predicted molar refractivity (Wildman–Crippen MR) is 80.4 cm³/mol. The zero-order chi connectivity index (χ0) is 14.7. The smallest absolute Gasteiger partial charge is 0.338 e. The Bertz CT molecular complexity index is 549. The first-order chi connectivity index (χ1) is 9.60. The van der Waals surface area contributed by atoms with E-state index in [1.807, 2.05) is 25.1 Å². The van der Waals surface area contributed by atoms with Crippen molar-refractivity contribution in [1.82, 2.24) is 4.90 Å². The molecule has 0 unspecified atom stereocenters. The molecule has 0 saturated heterocycles. The number of hydrogen-bond acceptors (Lipinski definition) is 6. The molecule has 1 atom stereocenters. The van der Waals surface area contributed by atoms with E-state index in [-0.39, 0.29) is 12.0 Å². The van der Waals surface area contributed by atoms with Crippen LogP contribution in [0.15, 0.2) is 33.4 Å². The summed E-state index contributed by atoms with van der Waals surface area (Å²) in [6.45, 7) is 4.09. The first-order valence-electron chi connectivity index (χ1n) is 6.40. The van der Waals surface area contributed by atoms with E-state index in [4.69, 9.17) is 9.15 Å². The summed E-state index contributed by atoms with van der Waals surface area (Å²) < 4.78 is 10.6. The maximum atomic E-state index is 12.2. The lowest BCUT2D eigenvalue weighted by molar-refractivity contribution is -0.139. The normalized spacial score (nSPS) is 19.1. The van der Waals surface area contributed by atoms with Crippen LogP contribution in [-0.4, -0.2) is 42.0 Å². The molecule has 0 bridgehead atoms. The maximum absolute atomic E-state index is 12.2. The number of carbonyl (C=O) groups excluding carboxylic acids is 1. The van der Waals surface area contributed by atoms with Crippen LogP contribution in [0, 0.1) is 0 Å². The fourth-order valence-electron chi connectivity index (χ4n) is 2.06. The molecule has 0 fully saturated rings. The van der Waals surface area contributed by atoms with E-state index in [0.717, 1.165) is 5.17 Å². The van der Waals surface area contributed by atoms with Crippen molar-refractivity contribution in [3.63, 3.8) is 0 Å². The number of nitrogens with zero attached hydrogens (tertiary/aromatic N) is 2. The minimum absolute atomic E-state index is 0.117. The summed E-state index contributed by atoms with van der Waals surface area (Å²) in [6.07, 6.45) is 3.53. The molecule has 5 nitrogen and oxygen atoms in total. The third kappa shape index (κ3) is 2.60. The largest absolute Gasteiger partial charge is 0.463 e. The highest BCUT2D eigenvalue weighted by Gasteiger charge is 2.33. The Morgan fingerprint density at radius 3 is 2.90 bits per heavy atom. The first kappa shape index (κ1) is 14.7. The minimum atomic E-state index is -0.345. The number of ether oxygens (including phenoxy) is 1. The number of rotatable bonds is 3. The predicted octanol–water partition coefficient (Wildman–Crippen LogP) is 2.61. The Labute approximate surface area is 122 Å². The number of carbonyl (C=O) groups is 1. The molecule has 0 spiro atoms. The second-order valence-electron chi connectivity index (χ2n) is 4.35. The molecule has 1 aromatic heterocycles. The van der Waals surface area contributed by atoms with E-state index in [9.17, 15) is 4.79 Å². The van der Waals surface area contributed by atoms with Crippen LogP contribution in [0.1, 0.15) is 19.6 Å². The van der Waals surface area contributed by atoms with Gasteiger partial charge in [0.25, 0.3) is 0 Å². The van der Waals surface area contributed by atoms with Crippen LogP contribution in [0.3, 0.4) is 0 Å². The molecule has 20 heavy (non-hydrogen) atoms. The minimum Gasteiger partial charge on any atom is -0.463 e. The Morgan fingerprint density at radius 2 is 2.35 bits per heavy atom. The molecule has 0 aliphatic carbocycles. The highest BCUT2D eigenvalue weighted by atomic mass is 32.2. The average molecular weight is 294 g/mol. The second-order valence-corrected chi connectivity index (χ2v) is 5.12. The van der Waals surface area contributed by atoms with E-state index in [1.165, 1.54) is 11.8 Å². The van der Waals surface area contributed by atoms with Gasteiger partial charge in [-0.3, -0.25) is 0 Å². The van der Waals surface area contributed by atoms with E-state index < -0.39 is 0 Å². The topological polar surface area (TPSA) is 55.0 Å². The molecule has 1 aliphatic heterocycles. The average Bonchev–Trinajstić information content (AvgIpc) is 2.95. The second kappa shape index (κ2) is 6.17. The highest BCUT2D eigenvalue weighted by Crippen LogP contribution is 2.32. The van der Waals surface area contributed by atoms with Crippen LogP contribution in [0.2, 0.25) is 0 Å². The van der Waals surface area contributed by atoms with Crippen LogP contribution >= 0.6 is 11.8 Å². The van der Waals surface area contributed by atoms with Gasteiger partial charge in [0.2, 0.25) is 0 Å². The fraction of sp³-hybridized carbons (Fsp3) is 0.429. The van der Waals surface area contributed by atoms with Gasteiger partial charge in [-0.2, -0.15) is 0 Å². The summed E-state index contributed by atoms with van der Waals surface area (Å²) in [5.41, 5.74) is 1.09. The molecule has 108 valence electrons. The Morgan fingerprint density at radius 1 is 1.60 bits per heavy atom. The van der Waals surface area contributed by atoms with Crippen molar-refractivity contribution in [2.45, 2.75) is 19.9 Å². The molecule has 0 saturated carbocycles. The molecule has 1 aliphatic rings. The maximum Gasteiger partial charge on any atom is 0.338 e. The van der Waals surface area contributed by atoms with Gasteiger partial charge in [0, 0.05) is 7.05 Å². The summed E-state index contributed by atoms with van der Waals surface area (Å²) >= 11 is 1.53. The highest BCUT2D eigenvalue weighted by molar-refractivity contribution is 8.13. The summed E-state index contributed by atoms with van der Waals surface area (Å²) in [5, 5.41) is 0.844. The Hall–Kier alpha value is -1.69. The van der Waals surface area contributed by atoms with Crippen LogP contribution in [0.4, 0.5) is 0 Å². The monoisotopic (exact) mass is 294 g/mol. The van der Waals surface area contributed by atoms with Gasteiger partial charge in [-0.05, 0) is 32.2 Å². The third-order valence-corrected chi connectivity index (χ3v) is 3.94. The molecule has 2 rings (SSSR count). The van der Waals surface area contributed by atoms with Crippen LogP contribution in [0.25, 0.3) is 5.70 Å². The zero-order valence-corrected chi connectivity index (χ0v) is 12.9. The Kier molecular flexibility index (Phi) is 4.54. The first-order valence-corrected chi connectivity index (χ1v) is 7.63. The number of amidine groups is 1. The third-order valence-electron chi connectivity index (χ3n) is 3.20. The summed E-state index contributed by atoms with van der Waals surface area (Å²) in [4.78, 5) is 18.7. The molecular weight excluding hydrogens is 276 g/mol. The molecular formula is C14H18N2O3S. The van der Waals surface area contributed by atoms with Crippen LogP contribution < -0.4 is 0 Å². The molecule has 2 heterocycles. The van der Waals surface area contributed by atoms with Crippen molar-refractivity contribution in [2.75, 3.05) is 19.9 Å². The lowest BCUT2D eigenvalue weighted by Crippen LogP contribution is -2.40. The van der Waals surface area contributed by atoms with E-state index in [0.29, 0.717) is 23.6 Å². The van der Waals surface area contributed by atoms with Crippen molar-refractivity contribution < 1.29 is 13.9 Å². The van der Waals surface area contributed by atoms with Gasteiger partial charge in [-0.1, -0.05) is 11.8 Å². The lowest BCUT2D eigenvalue weighted by Gasteiger charge is -2.32. The van der Waals surface area contributed by atoms with Gasteiger partial charge in [0.15, 0.2) is 10.9 Å². The standard InChI is InChI=1S/C14H18N2O3S/c1-5-18-13(17)11-9(2)16(3)14(20-4)15-12(11)10-7-6-8-19-10/h6-9H,5H2,1-4H3/t9-/m1/s1. The van der Waals surface area contributed by atoms with Crippen LogP contribution in [0.5, 0.6) is 0 Å². The van der Waals surface area contributed by atoms with Crippen molar-refractivity contribution in [3.8, 4) is 0 Å². The van der Waals surface area contributed by atoms with Crippen LogP contribution in [-0.2, 0) is 9.53 Å². The van der Waals surface area contributed by atoms with Crippen molar-refractivity contribution >= 4 is 28.6 Å². The van der Waals surface area contributed by atoms with Gasteiger partial charge in [0.05, 0.1) is 24.5 Å². The summed E-state index contributed by atoms with van der Waals surface area (Å²) in [7, 11) is 1.91. The summed E-state index contributed by atoms with van der Waals surface area (Å²) in [5.74, 6) is 0.238. The van der Waals surface area contributed by atoms with E-state index in [1.54, 1.807) is 25.3 Å². The van der Waals surface area contributed by atoms with Crippen molar-refractivity contribution in [1.29, 1.82) is 0 Å². The van der Waals surface area contributed by atoms with Gasteiger partial charge >= 0.3 is 5.97 Å². The number of aliphatic imine (C=N–C) groups is 1. The molecule has 0 aromatic carbocycles. The number of likely N-dealkylation sites (N-methyl/N-ethyl adjacent to an activating group) is 1. The fourth-order valence-corrected chi connectivity index (χ4v) is 2.69. The number of thioether (sulfide) groups is 1. The number of esters is 1. The van der Waals surface area contributed by atoms with Crippen molar-refractivity contribution in [2.24, 2.45) is 4.99 Å². The van der Waals surface area contributed by atoms with E-state index in [2.05, 4.69) is 4.99 Å². The van der Waals surface area contributed by atoms with Gasteiger partial charge in [0.1, 0.15) is 5.70 Å². The quantitative estimate of drug-likeness (QED) is 0.802. The molecule has 6 heteroatoms. The number of hydrogen-bond donors (Lipinski definition) is 0. The number of furan rings is 1. The van der Waals surface area contributed by atoms with Gasteiger partial charge in [-0.25, -0.2) is 9.79 Å². The zero-order valence-electron chi connectivity index (χ0n) is 12.0. The molecule has 0 N–H and O–H groups in total. The SMILES string of the molecule is CCOC(=O)C1=C(c2ccco2)N=C(SC)N(C)[C@@H]1C. The van der Waals surface area contributed by atoms with Crippen molar-refractivity contribution in [3.05, 3.63) is 29.7 Å². The summed E-state index contributed by atoms with van der Waals surface area (Å²) in [6, 6.07) is 3.46. The Balaban J connectivity index is 2.56. The molecule has 1 aromatic rings. The van der Waals surface area contributed by atoms with Gasteiger partial charge in [-0.15, -0.1) is 0 Å².